The molecule has 2 aromatic carbocycles. The normalized spacial score (nSPS) is 20.7. The fourth-order valence-corrected chi connectivity index (χ4v) is 4.54. The average Bonchev–Trinajstić information content (AvgIpc) is 3.47. The van der Waals surface area contributed by atoms with E-state index >= 15 is 0 Å². The van der Waals surface area contributed by atoms with Gasteiger partial charge in [-0.15, -0.1) is 0 Å². The number of nitrogens with zero attached hydrogens (tertiary/aromatic N) is 2. The second-order valence-electron chi connectivity index (χ2n) is 12.0. The van der Waals surface area contributed by atoms with E-state index in [0.717, 1.165) is 11.1 Å². The van der Waals surface area contributed by atoms with E-state index in [-0.39, 0.29) is 34.4 Å². The van der Waals surface area contributed by atoms with Gasteiger partial charge in [-0.3, -0.25) is 0 Å². The number of hydrogen-bond donors (Lipinski definition) is 2. The minimum Gasteiger partial charge on any atom is -0.508 e. The van der Waals surface area contributed by atoms with Crippen molar-refractivity contribution in [2.24, 2.45) is 26.2 Å². The molecule has 35 heavy (non-hydrogen) atoms. The molecule has 0 spiro atoms. The summed E-state index contributed by atoms with van der Waals surface area (Å²) in [4.78, 5) is 10.3. The number of phenols is 2. The van der Waals surface area contributed by atoms with E-state index < -0.39 is 5.41 Å². The van der Waals surface area contributed by atoms with Crippen molar-refractivity contribution in [3.8, 4) is 11.5 Å². The molecule has 188 valence electrons. The van der Waals surface area contributed by atoms with Gasteiger partial charge < -0.3 is 19.7 Å². The Morgan fingerprint density at radius 1 is 0.657 bits per heavy atom. The quantitative estimate of drug-likeness (QED) is 0.570. The molecule has 0 aromatic heterocycles. The third-order valence-electron chi connectivity index (χ3n) is 7.00. The summed E-state index contributed by atoms with van der Waals surface area (Å²) in [5.41, 5.74) is 1.21. The highest BCUT2D eigenvalue weighted by atomic mass is 16.5. The highest BCUT2D eigenvalue weighted by Gasteiger charge is 2.50. The number of ether oxygens (including phenoxy) is 2. The molecule has 0 unspecified atom stereocenters. The summed E-state index contributed by atoms with van der Waals surface area (Å²) in [6.45, 7) is 14.1. The highest BCUT2D eigenvalue weighted by molar-refractivity contribution is 6.07. The maximum atomic E-state index is 9.87. The minimum atomic E-state index is -0.756. The second kappa shape index (κ2) is 9.21. The first kappa shape index (κ1) is 25.1. The lowest BCUT2D eigenvalue weighted by Crippen LogP contribution is -2.44. The molecule has 0 saturated carbocycles. The van der Waals surface area contributed by atoms with Crippen molar-refractivity contribution in [2.45, 2.75) is 66.5 Å². The van der Waals surface area contributed by atoms with Crippen molar-refractivity contribution in [3.05, 3.63) is 59.7 Å². The molecule has 2 aromatic rings. The largest absolute Gasteiger partial charge is 0.508 e. The maximum absolute atomic E-state index is 9.87. The Hall–Kier alpha value is -3.02. The van der Waals surface area contributed by atoms with Crippen LogP contribution in [0.2, 0.25) is 0 Å². The number of rotatable bonds is 6. The Morgan fingerprint density at radius 3 is 1.29 bits per heavy atom. The van der Waals surface area contributed by atoms with Crippen molar-refractivity contribution in [3.63, 3.8) is 0 Å². The average molecular weight is 479 g/mol. The minimum absolute atomic E-state index is 0.0249. The molecule has 2 atom stereocenters. The first-order valence-corrected chi connectivity index (χ1v) is 12.3. The number of aliphatic imine (C=N–C) groups is 2. The maximum Gasteiger partial charge on any atom is 0.200 e. The molecule has 4 rings (SSSR count). The zero-order valence-electron chi connectivity index (χ0n) is 21.7. The van der Waals surface area contributed by atoms with E-state index in [1.807, 2.05) is 24.3 Å². The van der Waals surface area contributed by atoms with E-state index in [1.165, 1.54) is 0 Å². The molecule has 0 saturated heterocycles. The molecule has 2 heterocycles. The first-order chi connectivity index (χ1) is 16.4. The van der Waals surface area contributed by atoms with Crippen LogP contribution in [0.3, 0.4) is 0 Å². The van der Waals surface area contributed by atoms with Crippen LogP contribution in [-0.4, -0.2) is 47.3 Å². The van der Waals surface area contributed by atoms with Crippen LogP contribution < -0.4 is 0 Å². The van der Waals surface area contributed by atoms with Gasteiger partial charge in [0.1, 0.15) is 30.1 Å². The van der Waals surface area contributed by atoms with Crippen molar-refractivity contribution in [2.75, 3.05) is 13.2 Å². The lowest BCUT2D eigenvalue weighted by Gasteiger charge is -2.32. The smallest absolute Gasteiger partial charge is 0.200 e. The van der Waals surface area contributed by atoms with Gasteiger partial charge in [0, 0.05) is 0 Å². The molecule has 2 aliphatic rings. The summed E-state index contributed by atoms with van der Waals surface area (Å²) in [6, 6.07) is 14.5. The van der Waals surface area contributed by atoms with E-state index in [9.17, 15) is 10.2 Å². The van der Waals surface area contributed by atoms with E-state index in [1.54, 1.807) is 24.3 Å². The predicted octanol–water partition coefficient (Wildman–Crippen LogP) is 5.56. The van der Waals surface area contributed by atoms with Crippen LogP contribution >= 0.6 is 0 Å². The number of hydrogen-bond acceptors (Lipinski definition) is 6. The van der Waals surface area contributed by atoms with Gasteiger partial charge in [-0.05, 0) is 59.1 Å². The van der Waals surface area contributed by atoms with Crippen LogP contribution in [0.15, 0.2) is 58.5 Å². The summed E-state index contributed by atoms with van der Waals surface area (Å²) < 4.78 is 12.7. The Kier molecular flexibility index (Phi) is 6.60. The number of aromatic hydroxyl groups is 2. The topological polar surface area (TPSA) is 83.6 Å². The Morgan fingerprint density at radius 2 is 1.00 bits per heavy atom. The summed E-state index contributed by atoms with van der Waals surface area (Å²) in [6.07, 6.45) is 1.11. The number of benzene rings is 2. The molecule has 0 aliphatic carbocycles. The SMILES string of the molecule is CC(C)(C)[C@H]1COC(C(Cc2ccc(O)cc2)(Cc2ccc(O)cc2)C2=N[C@@H](C(C)(C)C)CO2)=N1. The Bertz CT molecular complexity index is 1000. The molecule has 0 bridgehead atoms. The van der Waals surface area contributed by atoms with Crippen molar-refractivity contribution in [1.29, 1.82) is 0 Å². The van der Waals surface area contributed by atoms with Gasteiger partial charge in [0.25, 0.3) is 0 Å². The predicted molar refractivity (Wildman–Crippen MR) is 139 cm³/mol. The van der Waals surface area contributed by atoms with Crippen molar-refractivity contribution < 1.29 is 19.7 Å². The lowest BCUT2D eigenvalue weighted by molar-refractivity contribution is 0.207. The molecule has 0 amide bonds. The molecular weight excluding hydrogens is 440 g/mol. The van der Waals surface area contributed by atoms with Gasteiger partial charge >= 0.3 is 0 Å². The lowest BCUT2D eigenvalue weighted by atomic mass is 9.75. The zero-order valence-corrected chi connectivity index (χ0v) is 21.7. The van der Waals surface area contributed by atoms with Gasteiger partial charge in [-0.2, -0.15) is 0 Å². The van der Waals surface area contributed by atoms with Gasteiger partial charge in [0.05, 0.1) is 12.1 Å². The van der Waals surface area contributed by atoms with Crippen molar-refractivity contribution in [1.82, 2.24) is 0 Å². The molecule has 0 radical (unpaired) electrons. The summed E-state index contributed by atoms with van der Waals surface area (Å²) in [5, 5.41) is 19.7. The fraction of sp³-hybridized carbons (Fsp3) is 0.517. The van der Waals surface area contributed by atoms with Crippen LogP contribution in [0.1, 0.15) is 52.7 Å². The molecule has 0 fully saturated rings. The van der Waals surface area contributed by atoms with Gasteiger partial charge in [0.2, 0.25) is 0 Å². The van der Waals surface area contributed by atoms with Gasteiger partial charge in [-0.25, -0.2) is 9.98 Å². The summed E-state index contributed by atoms with van der Waals surface area (Å²) >= 11 is 0. The van der Waals surface area contributed by atoms with E-state index in [0.29, 0.717) is 37.9 Å². The second-order valence-corrected chi connectivity index (χ2v) is 12.0. The first-order valence-electron chi connectivity index (χ1n) is 12.3. The zero-order chi connectivity index (χ0) is 25.4. The van der Waals surface area contributed by atoms with Gasteiger partial charge in [0.15, 0.2) is 11.8 Å². The molecule has 6 nitrogen and oxygen atoms in total. The third kappa shape index (κ3) is 5.47. The van der Waals surface area contributed by atoms with Crippen LogP contribution in [-0.2, 0) is 22.3 Å². The third-order valence-corrected chi connectivity index (χ3v) is 7.00. The standard InChI is InChI=1S/C29H38N2O4/c1-27(2,3)23-17-34-25(30-23)29(15-19-7-11-21(32)12-8-19,16-20-9-13-22(33)14-10-20)26-31-24(18-35-26)28(4,5)6/h7-14,23-24,32-33H,15-18H2,1-6H3/t23-,24-/m1/s1. The summed E-state index contributed by atoms with van der Waals surface area (Å²) in [7, 11) is 0. The van der Waals surface area contributed by atoms with E-state index in [2.05, 4.69) is 41.5 Å². The molecule has 6 heteroatoms. The Balaban J connectivity index is 1.87. The molecule has 2 N–H and O–H groups in total. The van der Waals surface area contributed by atoms with Crippen LogP contribution in [0.25, 0.3) is 0 Å². The molecular formula is C29H38N2O4. The van der Waals surface area contributed by atoms with Crippen LogP contribution in [0.5, 0.6) is 11.5 Å². The van der Waals surface area contributed by atoms with Crippen LogP contribution in [0.4, 0.5) is 0 Å². The fourth-order valence-electron chi connectivity index (χ4n) is 4.54. The van der Waals surface area contributed by atoms with Crippen LogP contribution in [0, 0.1) is 16.2 Å². The summed E-state index contributed by atoms with van der Waals surface area (Å²) in [5.74, 6) is 1.74. The monoisotopic (exact) mass is 478 g/mol. The Labute approximate surface area is 208 Å². The highest BCUT2D eigenvalue weighted by Crippen LogP contribution is 2.41. The number of phenolic OH excluding ortho intramolecular Hbond substituents is 2. The molecule has 2 aliphatic heterocycles. The van der Waals surface area contributed by atoms with Crippen molar-refractivity contribution >= 4 is 11.8 Å². The van der Waals surface area contributed by atoms with E-state index in [4.69, 9.17) is 19.5 Å². The van der Waals surface area contributed by atoms with Gasteiger partial charge in [-0.1, -0.05) is 65.8 Å².